The number of carbonyl (C=O) groups excluding carboxylic acids is 2. The third kappa shape index (κ3) is 6.13. The van der Waals surface area contributed by atoms with Crippen LogP contribution in [0.2, 0.25) is 0 Å². The van der Waals surface area contributed by atoms with Gasteiger partial charge in [0.05, 0.1) is 18.5 Å². The zero-order valence-corrected chi connectivity index (χ0v) is 18.8. The molecule has 2 aromatic rings. The van der Waals surface area contributed by atoms with Crippen molar-refractivity contribution in [2.45, 2.75) is 51.7 Å². The highest BCUT2D eigenvalue weighted by Crippen LogP contribution is 2.34. The number of rotatable bonds is 8. The fourth-order valence-electron chi connectivity index (χ4n) is 3.88. The molecule has 0 unspecified atom stereocenters. The van der Waals surface area contributed by atoms with Gasteiger partial charge >= 0.3 is 12.1 Å². The molecule has 0 radical (unpaired) electrons. The van der Waals surface area contributed by atoms with Crippen molar-refractivity contribution >= 4 is 11.9 Å². The second kappa shape index (κ2) is 10.8. The van der Waals surface area contributed by atoms with E-state index in [1.807, 2.05) is 0 Å². The van der Waals surface area contributed by atoms with Crippen LogP contribution >= 0.6 is 0 Å². The molecule has 2 heterocycles. The summed E-state index contributed by atoms with van der Waals surface area (Å²) in [6.45, 7) is 6.56. The van der Waals surface area contributed by atoms with Gasteiger partial charge in [-0.1, -0.05) is 13.3 Å². The molecular weight excluding hydrogens is 437 g/mol. The summed E-state index contributed by atoms with van der Waals surface area (Å²) in [4.78, 5) is 26.9. The number of alkyl halides is 3. The lowest BCUT2D eigenvalue weighted by atomic mass is 10.0. The van der Waals surface area contributed by atoms with Crippen molar-refractivity contribution in [1.82, 2.24) is 20.0 Å². The predicted molar refractivity (Wildman–Crippen MR) is 116 cm³/mol. The first-order valence-corrected chi connectivity index (χ1v) is 11.2. The Morgan fingerprint density at radius 3 is 2.39 bits per heavy atom. The number of hydrogen-bond acceptors (Lipinski definition) is 5. The molecule has 1 saturated heterocycles. The number of likely N-dealkylation sites (tertiary alicyclic amines) is 1. The van der Waals surface area contributed by atoms with Gasteiger partial charge in [0.1, 0.15) is 5.56 Å². The van der Waals surface area contributed by atoms with E-state index in [-0.39, 0.29) is 24.2 Å². The Hall–Kier alpha value is -2.88. The quantitative estimate of drug-likeness (QED) is 0.594. The van der Waals surface area contributed by atoms with E-state index in [0.29, 0.717) is 10.2 Å². The number of amides is 1. The molecule has 0 spiro atoms. The summed E-state index contributed by atoms with van der Waals surface area (Å²) in [6, 6.07) is 5.73. The molecule has 1 aromatic carbocycles. The largest absolute Gasteiger partial charge is 0.462 e. The summed E-state index contributed by atoms with van der Waals surface area (Å²) in [5.74, 6) is -1.36. The Morgan fingerprint density at radius 1 is 1.15 bits per heavy atom. The zero-order valence-electron chi connectivity index (χ0n) is 18.8. The van der Waals surface area contributed by atoms with E-state index in [2.05, 4.69) is 22.2 Å². The topological polar surface area (TPSA) is 76.5 Å². The summed E-state index contributed by atoms with van der Waals surface area (Å²) in [7, 11) is 0. The van der Waals surface area contributed by atoms with Crippen LogP contribution in [-0.4, -0.2) is 58.8 Å². The molecule has 0 atom stereocenters. The minimum atomic E-state index is -4.82. The number of carbonyl (C=O) groups is 2. The zero-order chi connectivity index (χ0) is 24.0. The van der Waals surface area contributed by atoms with Gasteiger partial charge in [0.2, 0.25) is 0 Å². The average molecular weight is 467 g/mol. The third-order valence-corrected chi connectivity index (χ3v) is 5.66. The molecule has 10 heteroatoms. The number of aromatic nitrogens is 2. The van der Waals surface area contributed by atoms with Crippen LogP contribution in [0, 0.1) is 0 Å². The molecule has 7 nitrogen and oxygen atoms in total. The van der Waals surface area contributed by atoms with E-state index in [9.17, 15) is 22.8 Å². The molecular formula is C23H29F3N4O3. The number of unbranched alkanes of at least 4 members (excludes halogenated alkanes) is 1. The SMILES string of the molecule is CCCCN1CCC(NC(=O)c2ccc(-n3ncc(C(=O)OCC)c3C(F)(F)F)cc2)CC1. The molecule has 0 saturated carbocycles. The van der Waals surface area contributed by atoms with E-state index in [1.54, 1.807) is 0 Å². The second-order valence-electron chi connectivity index (χ2n) is 8.03. The van der Waals surface area contributed by atoms with Crippen LogP contribution in [0.4, 0.5) is 13.2 Å². The maximum absolute atomic E-state index is 13.7. The molecule has 0 aliphatic carbocycles. The standard InChI is InChI=1S/C23H29F3N4O3/c1-3-5-12-29-13-10-17(11-14-29)28-21(31)16-6-8-18(9-7-16)30-20(23(24,25)26)19(15-27-30)22(32)33-4-2/h6-9,15,17H,3-5,10-14H2,1-2H3,(H,28,31). The molecule has 1 amide bonds. The molecule has 33 heavy (non-hydrogen) atoms. The van der Waals surface area contributed by atoms with Crippen molar-refractivity contribution in [1.29, 1.82) is 0 Å². The Bertz CT molecular complexity index is 949. The van der Waals surface area contributed by atoms with Gasteiger partial charge in [-0.05, 0) is 57.0 Å². The monoisotopic (exact) mass is 466 g/mol. The van der Waals surface area contributed by atoms with Gasteiger partial charge in [-0.3, -0.25) is 4.79 Å². The van der Waals surface area contributed by atoms with E-state index in [0.717, 1.165) is 51.5 Å². The molecule has 1 aliphatic heterocycles. The van der Waals surface area contributed by atoms with Gasteiger partial charge in [0.25, 0.3) is 5.91 Å². The summed E-state index contributed by atoms with van der Waals surface area (Å²) in [5.41, 5.74) is -1.44. The van der Waals surface area contributed by atoms with Crippen LogP contribution in [0.3, 0.4) is 0 Å². The first-order chi connectivity index (χ1) is 15.7. The van der Waals surface area contributed by atoms with Crippen molar-refractivity contribution < 1.29 is 27.5 Å². The summed E-state index contributed by atoms with van der Waals surface area (Å²) < 4.78 is 46.3. The first-order valence-electron chi connectivity index (χ1n) is 11.2. The minimum Gasteiger partial charge on any atom is -0.462 e. The number of ether oxygens (including phenoxy) is 1. The van der Waals surface area contributed by atoms with Crippen LogP contribution in [0.25, 0.3) is 5.69 Å². The molecule has 0 bridgehead atoms. The van der Waals surface area contributed by atoms with Crippen LogP contribution in [0.1, 0.15) is 65.9 Å². The molecule has 1 fully saturated rings. The third-order valence-electron chi connectivity index (χ3n) is 5.66. The smallest absolute Gasteiger partial charge is 0.434 e. The van der Waals surface area contributed by atoms with Crippen LogP contribution in [0.15, 0.2) is 30.5 Å². The van der Waals surface area contributed by atoms with Crippen molar-refractivity contribution in [2.75, 3.05) is 26.2 Å². The summed E-state index contributed by atoms with van der Waals surface area (Å²) >= 11 is 0. The number of benzene rings is 1. The number of hydrogen-bond donors (Lipinski definition) is 1. The average Bonchev–Trinajstić information content (AvgIpc) is 3.25. The fraction of sp³-hybridized carbons (Fsp3) is 0.522. The van der Waals surface area contributed by atoms with Gasteiger partial charge in [-0.25, -0.2) is 9.48 Å². The van der Waals surface area contributed by atoms with Crippen LogP contribution < -0.4 is 5.32 Å². The predicted octanol–water partition coefficient (Wildman–Crippen LogP) is 4.06. The lowest BCUT2D eigenvalue weighted by molar-refractivity contribution is -0.143. The first kappa shape index (κ1) is 24.8. The Balaban J connectivity index is 1.69. The van der Waals surface area contributed by atoms with Gasteiger partial charge < -0.3 is 15.0 Å². The Morgan fingerprint density at radius 2 is 1.82 bits per heavy atom. The lowest BCUT2D eigenvalue weighted by Crippen LogP contribution is -2.44. The highest BCUT2D eigenvalue weighted by Gasteiger charge is 2.41. The number of nitrogens with zero attached hydrogens (tertiary/aromatic N) is 3. The number of nitrogens with one attached hydrogen (secondary N) is 1. The highest BCUT2D eigenvalue weighted by atomic mass is 19.4. The number of piperidine rings is 1. The van der Waals surface area contributed by atoms with Crippen molar-refractivity contribution in [3.63, 3.8) is 0 Å². The number of esters is 1. The van der Waals surface area contributed by atoms with Crippen molar-refractivity contribution in [2.24, 2.45) is 0 Å². The van der Waals surface area contributed by atoms with E-state index in [4.69, 9.17) is 4.74 Å². The van der Waals surface area contributed by atoms with Crippen molar-refractivity contribution in [3.8, 4) is 5.69 Å². The highest BCUT2D eigenvalue weighted by molar-refractivity contribution is 5.94. The normalized spacial score (nSPS) is 15.4. The maximum Gasteiger partial charge on any atom is 0.434 e. The van der Waals surface area contributed by atoms with E-state index < -0.39 is 23.4 Å². The molecule has 3 rings (SSSR count). The maximum atomic E-state index is 13.7. The molecule has 1 aliphatic rings. The second-order valence-corrected chi connectivity index (χ2v) is 8.03. The van der Waals surface area contributed by atoms with Gasteiger partial charge in [0, 0.05) is 24.7 Å². The fourth-order valence-corrected chi connectivity index (χ4v) is 3.88. The Kier molecular flexibility index (Phi) is 8.12. The Labute approximate surface area is 190 Å². The molecule has 180 valence electrons. The van der Waals surface area contributed by atoms with Crippen LogP contribution in [0.5, 0.6) is 0 Å². The van der Waals surface area contributed by atoms with E-state index in [1.165, 1.54) is 31.2 Å². The summed E-state index contributed by atoms with van der Waals surface area (Å²) in [6.07, 6.45) is 0.0739. The van der Waals surface area contributed by atoms with Gasteiger partial charge in [-0.15, -0.1) is 0 Å². The van der Waals surface area contributed by atoms with Gasteiger partial charge in [0.15, 0.2) is 5.69 Å². The minimum absolute atomic E-state index is 0.0527. The lowest BCUT2D eigenvalue weighted by Gasteiger charge is -2.32. The van der Waals surface area contributed by atoms with E-state index >= 15 is 0 Å². The molecule has 1 aromatic heterocycles. The van der Waals surface area contributed by atoms with Crippen molar-refractivity contribution in [3.05, 3.63) is 47.3 Å². The summed E-state index contributed by atoms with van der Waals surface area (Å²) in [5, 5.41) is 6.75. The number of halogens is 3. The van der Waals surface area contributed by atoms with Gasteiger partial charge in [-0.2, -0.15) is 18.3 Å². The molecule has 1 N–H and O–H groups in total. The van der Waals surface area contributed by atoms with Crippen LogP contribution in [-0.2, 0) is 10.9 Å².